The fraction of sp³-hybridized carbons (Fsp3) is 0.296. The van der Waals surface area contributed by atoms with E-state index < -0.39 is 5.97 Å². The number of hydrogen-bond acceptors (Lipinski definition) is 7. The van der Waals surface area contributed by atoms with Gasteiger partial charge >= 0.3 is 5.97 Å². The number of carbonyl (C=O) groups is 1. The van der Waals surface area contributed by atoms with Crippen LogP contribution in [0.2, 0.25) is 0 Å². The molecule has 0 unspecified atom stereocenters. The highest BCUT2D eigenvalue weighted by Crippen LogP contribution is 2.39. The highest BCUT2D eigenvalue weighted by Gasteiger charge is 2.27. The smallest absolute Gasteiger partial charge is 0.336 e. The fourth-order valence-electron chi connectivity index (χ4n) is 4.96. The number of rotatable bonds is 7. The number of fused-ring (bicyclic) bond motifs is 1. The normalized spacial score (nSPS) is 19.3. The van der Waals surface area contributed by atoms with Crippen LogP contribution in [0.1, 0.15) is 53.9 Å². The number of carboxylic acid groups (broad SMARTS) is 1. The van der Waals surface area contributed by atoms with Gasteiger partial charge in [-0.1, -0.05) is 6.07 Å². The Morgan fingerprint density at radius 1 is 0.889 bits per heavy atom. The minimum absolute atomic E-state index is 0.112. The predicted molar refractivity (Wildman–Crippen MR) is 137 cm³/mol. The van der Waals surface area contributed by atoms with Crippen molar-refractivity contribution in [2.24, 2.45) is 0 Å². The van der Waals surface area contributed by atoms with Crippen LogP contribution in [0.25, 0.3) is 16.5 Å². The molecular weight excluding hydrogens is 456 g/mol. The lowest BCUT2D eigenvalue weighted by Gasteiger charge is -2.15. The van der Waals surface area contributed by atoms with Crippen molar-refractivity contribution in [1.82, 2.24) is 19.5 Å². The Balaban J connectivity index is 1.11. The second-order valence-corrected chi connectivity index (χ2v) is 9.57. The second-order valence-electron chi connectivity index (χ2n) is 9.57. The lowest BCUT2D eigenvalue weighted by molar-refractivity contribution is 0.0699. The Hall–Kier alpha value is -4.27. The highest BCUT2D eigenvalue weighted by molar-refractivity contribution is 6.03. The Labute approximate surface area is 207 Å². The molecule has 0 amide bonds. The van der Waals surface area contributed by atoms with E-state index in [2.05, 4.69) is 25.6 Å². The van der Waals surface area contributed by atoms with Crippen molar-refractivity contribution in [3.63, 3.8) is 0 Å². The molecular formula is C27H26N6O3. The van der Waals surface area contributed by atoms with Gasteiger partial charge in [-0.15, -0.1) is 0 Å². The molecule has 3 N–H and O–H groups in total. The SMILES string of the molecule is O=C(O)c1cccc2c(=O)n(-c3ccc(N[C@H]4CC[C@H](Nc5ncc(C6CC6)cn5)C4)nc3)ccc12. The van der Waals surface area contributed by atoms with Gasteiger partial charge in [-0.2, -0.15) is 0 Å². The van der Waals surface area contributed by atoms with Gasteiger partial charge in [-0.3, -0.25) is 9.36 Å². The molecule has 1 aromatic carbocycles. The Kier molecular flexibility index (Phi) is 5.59. The maximum Gasteiger partial charge on any atom is 0.336 e. The molecule has 6 rings (SSSR count). The summed E-state index contributed by atoms with van der Waals surface area (Å²) in [6, 6.07) is 10.7. The predicted octanol–water partition coefficient (Wildman–Crippen LogP) is 4.20. The van der Waals surface area contributed by atoms with Crippen LogP contribution < -0.4 is 16.2 Å². The van der Waals surface area contributed by atoms with E-state index in [1.54, 1.807) is 30.6 Å². The molecule has 9 nitrogen and oxygen atoms in total. The van der Waals surface area contributed by atoms with Gasteiger partial charge in [0, 0.05) is 41.4 Å². The molecule has 0 radical (unpaired) electrons. The first-order valence-electron chi connectivity index (χ1n) is 12.2. The third-order valence-corrected chi connectivity index (χ3v) is 7.04. The lowest BCUT2D eigenvalue weighted by atomic mass is 10.1. The Morgan fingerprint density at radius 2 is 1.67 bits per heavy atom. The molecule has 0 bridgehead atoms. The largest absolute Gasteiger partial charge is 0.478 e. The van der Waals surface area contributed by atoms with Crippen molar-refractivity contribution < 1.29 is 9.90 Å². The summed E-state index contributed by atoms with van der Waals surface area (Å²) in [5.41, 5.74) is 1.68. The highest BCUT2D eigenvalue weighted by atomic mass is 16.4. The van der Waals surface area contributed by atoms with Crippen LogP contribution in [0, 0.1) is 0 Å². The molecule has 3 heterocycles. The van der Waals surface area contributed by atoms with Gasteiger partial charge in [-0.25, -0.2) is 19.7 Å². The van der Waals surface area contributed by atoms with Crippen molar-refractivity contribution in [3.8, 4) is 5.69 Å². The summed E-state index contributed by atoms with van der Waals surface area (Å²) in [5.74, 6) is 1.03. The molecule has 2 aliphatic rings. The number of benzene rings is 1. The number of nitrogens with zero attached hydrogens (tertiary/aromatic N) is 4. The van der Waals surface area contributed by atoms with E-state index in [0.717, 1.165) is 25.1 Å². The summed E-state index contributed by atoms with van der Waals surface area (Å²) in [6.07, 6.45) is 12.6. The van der Waals surface area contributed by atoms with Crippen LogP contribution in [0.3, 0.4) is 0 Å². The van der Waals surface area contributed by atoms with Gasteiger partial charge in [0.1, 0.15) is 5.82 Å². The van der Waals surface area contributed by atoms with Gasteiger partial charge in [0.2, 0.25) is 5.95 Å². The van der Waals surface area contributed by atoms with Crippen molar-refractivity contribution in [3.05, 3.63) is 82.7 Å². The number of hydrogen-bond donors (Lipinski definition) is 3. The zero-order chi connectivity index (χ0) is 24.6. The molecule has 9 heteroatoms. The third-order valence-electron chi connectivity index (χ3n) is 7.04. The van der Waals surface area contributed by atoms with E-state index in [1.165, 1.54) is 29.0 Å². The van der Waals surface area contributed by atoms with Crippen LogP contribution >= 0.6 is 0 Å². The van der Waals surface area contributed by atoms with Crippen molar-refractivity contribution in [2.75, 3.05) is 10.6 Å². The number of aromatic carboxylic acids is 1. The van der Waals surface area contributed by atoms with Crippen LogP contribution in [0.5, 0.6) is 0 Å². The van der Waals surface area contributed by atoms with Crippen LogP contribution in [-0.2, 0) is 0 Å². The van der Waals surface area contributed by atoms with Gasteiger partial charge in [0.25, 0.3) is 5.56 Å². The number of carboxylic acids is 1. The molecule has 2 saturated carbocycles. The summed E-state index contributed by atoms with van der Waals surface area (Å²) < 4.78 is 1.48. The third kappa shape index (κ3) is 4.39. The molecule has 2 aliphatic carbocycles. The maximum absolute atomic E-state index is 13.0. The van der Waals surface area contributed by atoms with E-state index in [1.807, 2.05) is 24.5 Å². The number of anilines is 2. The van der Waals surface area contributed by atoms with Crippen molar-refractivity contribution in [2.45, 2.75) is 50.1 Å². The minimum Gasteiger partial charge on any atom is -0.478 e. The van der Waals surface area contributed by atoms with Gasteiger partial charge < -0.3 is 15.7 Å². The number of aromatic nitrogens is 4. The molecule has 0 saturated heterocycles. The van der Waals surface area contributed by atoms with Gasteiger partial charge in [0.05, 0.1) is 17.4 Å². The summed E-state index contributed by atoms with van der Waals surface area (Å²) in [4.78, 5) is 38.0. The molecule has 3 aromatic heterocycles. The maximum atomic E-state index is 13.0. The topological polar surface area (TPSA) is 122 Å². The van der Waals surface area contributed by atoms with Crippen LogP contribution in [-0.4, -0.2) is 42.7 Å². The van der Waals surface area contributed by atoms with Crippen LogP contribution in [0.4, 0.5) is 11.8 Å². The zero-order valence-electron chi connectivity index (χ0n) is 19.6. The molecule has 2 fully saturated rings. The Bertz CT molecular complexity index is 1480. The molecule has 0 aliphatic heterocycles. The quantitative estimate of drug-likeness (QED) is 0.358. The van der Waals surface area contributed by atoms with E-state index in [4.69, 9.17) is 0 Å². The number of nitrogens with one attached hydrogen (secondary N) is 2. The molecule has 36 heavy (non-hydrogen) atoms. The lowest BCUT2D eigenvalue weighted by Crippen LogP contribution is -2.22. The van der Waals surface area contributed by atoms with Gasteiger partial charge in [0.15, 0.2) is 0 Å². The van der Waals surface area contributed by atoms with Crippen molar-refractivity contribution in [1.29, 1.82) is 0 Å². The van der Waals surface area contributed by atoms with Gasteiger partial charge in [-0.05, 0) is 73.9 Å². The molecule has 4 aromatic rings. The zero-order valence-corrected chi connectivity index (χ0v) is 19.6. The summed E-state index contributed by atoms with van der Waals surface area (Å²) in [5, 5.41) is 17.1. The summed E-state index contributed by atoms with van der Waals surface area (Å²) in [6.45, 7) is 0. The van der Waals surface area contributed by atoms with E-state index in [-0.39, 0.29) is 17.2 Å². The first-order chi connectivity index (χ1) is 17.5. The summed E-state index contributed by atoms with van der Waals surface area (Å²) in [7, 11) is 0. The van der Waals surface area contributed by atoms with E-state index >= 15 is 0 Å². The molecule has 0 spiro atoms. The van der Waals surface area contributed by atoms with E-state index in [0.29, 0.717) is 34.4 Å². The second kappa shape index (κ2) is 9.07. The van der Waals surface area contributed by atoms with E-state index in [9.17, 15) is 14.7 Å². The Morgan fingerprint density at radius 3 is 2.36 bits per heavy atom. The average Bonchev–Trinajstić information content (AvgIpc) is 3.65. The monoisotopic (exact) mass is 482 g/mol. The first-order valence-corrected chi connectivity index (χ1v) is 12.2. The standard InChI is InChI=1S/C27H26N6O3/c34-25-22-2-1-3-23(26(35)36)21(22)10-11-33(25)20-8-9-24(28-15-20)31-18-6-7-19(12-18)32-27-29-13-17(14-30-27)16-4-5-16/h1-3,8-11,13-16,18-19H,4-7,12H2,(H,28,31)(H,35,36)(H,29,30,32)/t18-,19-/m0/s1. The summed E-state index contributed by atoms with van der Waals surface area (Å²) >= 11 is 0. The minimum atomic E-state index is -1.06. The first kappa shape index (κ1) is 22.2. The number of pyridine rings is 2. The van der Waals surface area contributed by atoms with Crippen molar-refractivity contribution >= 4 is 28.5 Å². The molecule has 182 valence electrons. The van der Waals surface area contributed by atoms with Crippen LogP contribution in [0.15, 0.2) is 66.0 Å². The molecule has 2 atom stereocenters. The average molecular weight is 483 g/mol. The fourth-order valence-corrected chi connectivity index (χ4v) is 4.96.